The van der Waals surface area contributed by atoms with Gasteiger partial charge in [0.15, 0.2) is 17.4 Å². The number of thiol groups is 1. The largest absolute Gasteiger partial charge is 0.396 e. The molecule has 7 rings (SSSR count). The Kier molecular flexibility index (Phi) is 20.4. The summed E-state index contributed by atoms with van der Waals surface area (Å²) in [5.41, 5.74) is 3.89. The number of aryl methyl sites for hydroxylation is 1. The van der Waals surface area contributed by atoms with E-state index in [9.17, 15) is 48.6 Å². The summed E-state index contributed by atoms with van der Waals surface area (Å²) in [6.07, 6.45) is -11.2. The third-order valence-corrected chi connectivity index (χ3v) is 18.1. The number of carbonyl (C=O) groups excluding carboxylic acids is 1. The zero-order valence-corrected chi connectivity index (χ0v) is 47.7. The van der Waals surface area contributed by atoms with Gasteiger partial charge in [-0.3, -0.25) is 47.1 Å². The lowest BCUT2D eigenvalue weighted by Gasteiger charge is -2.35. The predicted molar refractivity (Wildman–Crippen MR) is 277 cm³/mol. The number of hydrogen-bond acceptors (Lipinski definition) is 26. The number of hydrogen-bond donors (Lipinski definition) is 10. The van der Waals surface area contributed by atoms with E-state index in [0.29, 0.717) is 0 Å². The first-order valence-electron chi connectivity index (χ1n) is 22.8. The highest BCUT2D eigenvalue weighted by Gasteiger charge is 2.52. The number of imidazole rings is 1. The number of aromatic nitrogens is 6. The molecule has 4 aliphatic heterocycles. The topological polar surface area (TPSA) is 406 Å². The monoisotopic (exact) mass is 1230 g/mol. The van der Waals surface area contributed by atoms with Gasteiger partial charge < -0.3 is 82.4 Å². The van der Waals surface area contributed by atoms with Crippen LogP contribution >= 0.6 is 39.2 Å². The Labute approximate surface area is 452 Å². The van der Waals surface area contributed by atoms with Gasteiger partial charge in [0, 0.05) is 50.1 Å². The molecule has 3 saturated heterocycles. The molecule has 76 heavy (non-hydrogen) atoms. The van der Waals surface area contributed by atoms with Gasteiger partial charge in [-0.2, -0.15) is 4.98 Å². The van der Waals surface area contributed by atoms with Crippen molar-refractivity contribution in [1.29, 1.82) is 0 Å². The smallest absolute Gasteiger partial charge is 0.386 e. The van der Waals surface area contributed by atoms with E-state index < -0.39 is 143 Å². The van der Waals surface area contributed by atoms with Crippen LogP contribution in [-0.2, 0) is 99.9 Å². The van der Waals surface area contributed by atoms with Crippen molar-refractivity contribution in [1.82, 2.24) is 39.3 Å². The highest BCUT2D eigenvalue weighted by molar-refractivity contribution is 8.44. The Bertz CT molecular complexity index is 3010. The second kappa shape index (κ2) is 25.2. The van der Waals surface area contributed by atoms with Crippen LogP contribution in [0.15, 0.2) is 38.7 Å². The number of rotatable bonds is 25. The summed E-state index contributed by atoms with van der Waals surface area (Å²) in [6.45, 7) is -13.1. The summed E-state index contributed by atoms with van der Waals surface area (Å²) in [5, 5.41) is 22.5. The summed E-state index contributed by atoms with van der Waals surface area (Å²) in [7, 11) is 1.24. The SMILES string of the molecule is COC1C(OP(O)(=S)OCCCO)[C@@H](COP(=O)(S)OC2C[C@H](N3C=C(C)C(=O)NC3O)O[C@@H]2COP(O)(=S)OC2C[C@H](n3cnc4c(=O)[nH]c(N)nc43)O[C@@H]2COP(O)(=S)OC(C)C)O[C@H]1n1cc(C)c(=O)[nH]c1=O. The molecule has 0 spiro atoms. The number of nitrogens with two attached hydrogens (primary N) is 1. The number of aliphatic hydroxyl groups is 2. The first-order chi connectivity index (χ1) is 35.6. The quantitative estimate of drug-likeness (QED) is 0.0308. The Morgan fingerprint density at radius 2 is 1.49 bits per heavy atom. The van der Waals surface area contributed by atoms with Crippen molar-refractivity contribution >= 4 is 97.6 Å². The molecule has 7 heterocycles. The van der Waals surface area contributed by atoms with Crippen LogP contribution in [0.5, 0.6) is 0 Å². The van der Waals surface area contributed by atoms with Crippen molar-refractivity contribution in [2.75, 3.05) is 45.9 Å². The van der Waals surface area contributed by atoms with E-state index in [2.05, 4.69) is 37.5 Å². The van der Waals surface area contributed by atoms with Crippen molar-refractivity contribution in [2.24, 2.45) is 0 Å². The molecule has 3 fully saturated rings. The third kappa shape index (κ3) is 15.4. The molecular formula is C37H57N9O22P4S4. The standard InChI is InChI=1S/C37H57N9O22P4S4/c1-17(2)65-70(54,74)59-13-23-21(10-26(63-23)46-16-39-27-30(46)40-35(38)41-33(27)50)67-71(55,75)60-14-22-20(9-25(62-22)44-11-18(3)31(48)42-36(44)51)66-72(56,76)61-15-24-28(68-69(53,73)58-8-6-7-47)29(57-5)34(64-24)45-12-19(4)32(49)43-37(45)52/h11-12,16-17,20-26,28-29,34,36,47,51H,6-10,13-15H2,1-5H3,(H,42,48)(H,53,73)(H,54,74)(H,55,75)(H,56,76)(H,43,49,52)(H3,38,40,41,50)/t20?,21?,22-,23-,24-,25-,26-,28?,29?,34-,36?,69?,70?,71?,72?/m1/s1. The van der Waals surface area contributed by atoms with Gasteiger partial charge in [-0.1, -0.05) is 12.2 Å². The van der Waals surface area contributed by atoms with Gasteiger partial charge in [0.25, 0.3) is 17.0 Å². The minimum atomic E-state index is -4.62. The number of fused-ring (bicyclic) bond motifs is 1. The van der Waals surface area contributed by atoms with Crippen LogP contribution in [0.25, 0.3) is 11.2 Å². The number of nitrogen functional groups attached to an aromatic ring is 1. The summed E-state index contributed by atoms with van der Waals surface area (Å²) in [6, 6.07) is 0. The highest BCUT2D eigenvalue weighted by atomic mass is 32.7. The molecule has 1 amide bonds. The second-order valence-corrected chi connectivity index (χ2v) is 28.8. The summed E-state index contributed by atoms with van der Waals surface area (Å²) in [5.74, 6) is -0.785. The van der Waals surface area contributed by atoms with Crippen LogP contribution < -0.4 is 27.9 Å². The minimum Gasteiger partial charge on any atom is -0.396 e. The van der Waals surface area contributed by atoms with E-state index in [0.717, 1.165) is 4.57 Å². The molecule has 15 atom stereocenters. The fourth-order valence-corrected chi connectivity index (χ4v) is 14.3. The molecule has 0 bridgehead atoms. The van der Waals surface area contributed by atoms with Crippen LogP contribution in [0.1, 0.15) is 58.1 Å². The van der Waals surface area contributed by atoms with Gasteiger partial charge >= 0.3 is 32.6 Å². The van der Waals surface area contributed by atoms with E-state index >= 15 is 0 Å². The van der Waals surface area contributed by atoms with Crippen LogP contribution in [-0.4, -0.2) is 166 Å². The van der Waals surface area contributed by atoms with Gasteiger partial charge in [-0.05, 0) is 69.5 Å². The van der Waals surface area contributed by atoms with Gasteiger partial charge in [0.1, 0.15) is 49.1 Å². The lowest BCUT2D eigenvalue weighted by atomic mass is 10.1. The number of H-pyrrole nitrogens is 2. The van der Waals surface area contributed by atoms with Gasteiger partial charge in [-0.15, -0.1) is 0 Å². The molecule has 3 aromatic heterocycles. The van der Waals surface area contributed by atoms with Crippen LogP contribution in [0, 0.1) is 6.92 Å². The molecule has 4 aliphatic rings. The zero-order chi connectivity index (χ0) is 55.7. The molecule has 31 nitrogen and oxygen atoms in total. The number of aliphatic hydroxyl groups excluding tert-OH is 2. The molecule has 9 unspecified atom stereocenters. The molecule has 3 aromatic rings. The maximum Gasteiger partial charge on any atom is 0.386 e. The first-order valence-corrected chi connectivity index (χ1v) is 33.3. The fraction of sp³-hybridized carbons (Fsp3) is 0.676. The fourth-order valence-electron chi connectivity index (χ4n) is 8.18. The molecule has 0 radical (unpaired) electrons. The van der Waals surface area contributed by atoms with Gasteiger partial charge in [0.05, 0.1) is 45.0 Å². The molecule has 0 aliphatic carbocycles. The summed E-state index contributed by atoms with van der Waals surface area (Å²) >= 11 is 20.1. The Balaban J connectivity index is 1.10. The molecule has 0 saturated carbocycles. The average molecular weight is 1230 g/mol. The maximum atomic E-state index is 14.3. The second-order valence-electron chi connectivity index (χ2n) is 17.5. The molecular weight excluding hydrogens is 1170 g/mol. The minimum absolute atomic E-state index is 0.0458. The lowest BCUT2D eigenvalue weighted by Crippen LogP contribution is -2.53. The van der Waals surface area contributed by atoms with Crippen LogP contribution in [0.4, 0.5) is 5.95 Å². The Morgan fingerprint density at radius 1 is 0.855 bits per heavy atom. The number of amides is 1. The van der Waals surface area contributed by atoms with Crippen molar-refractivity contribution in [3.8, 4) is 0 Å². The van der Waals surface area contributed by atoms with Gasteiger partial charge in [0.2, 0.25) is 12.3 Å². The van der Waals surface area contributed by atoms with Crippen molar-refractivity contribution in [2.45, 2.75) is 121 Å². The Hall–Kier alpha value is -2.31. The third-order valence-electron chi connectivity index (χ3n) is 11.6. The van der Waals surface area contributed by atoms with Crippen LogP contribution in [0.2, 0.25) is 0 Å². The predicted octanol–water partition coefficient (Wildman–Crippen LogP) is 0.205. The number of methoxy groups -OCH3 is 1. The maximum absolute atomic E-state index is 14.3. The molecule has 0 aromatic carbocycles. The molecule has 10 N–H and O–H groups in total. The number of nitrogens with one attached hydrogen (secondary N) is 3. The number of nitrogens with zero attached hydrogens (tertiary/aromatic N) is 5. The number of ether oxygens (including phenoxy) is 4. The number of carbonyl (C=O) groups is 1. The van der Waals surface area contributed by atoms with E-state index in [-0.39, 0.29) is 60.7 Å². The average Bonchev–Trinajstić information content (AvgIpc) is 4.11. The van der Waals surface area contributed by atoms with Crippen molar-refractivity contribution in [3.05, 3.63) is 61.1 Å². The van der Waals surface area contributed by atoms with E-state index in [4.69, 9.17) is 96.3 Å². The lowest BCUT2D eigenvalue weighted by molar-refractivity contribution is -0.143. The number of anilines is 1. The van der Waals surface area contributed by atoms with E-state index in [1.165, 1.54) is 49.1 Å². The first kappa shape index (κ1) is 61.3. The molecule has 426 valence electrons. The van der Waals surface area contributed by atoms with Crippen molar-refractivity contribution in [3.63, 3.8) is 0 Å². The normalized spacial score (nSPS) is 30.3. The van der Waals surface area contributed by atoms with Gasteiger partial charge in [-0.25, -0.2) is 14.3 Å². The molecule has 39 heteroatoms. The van der Waals surface area contributed by atoms with E-state index in [1.54, 1.807) is 13.8 Å². The Morgan fingerprint density at radius 3 is 2.16 bits per heavy atom. The van der Waals surface area contributed by atoms with E-state index in [1.807, 2.05) is 0 Å². The van der Waals surface area contributed by atoms with Crippen LogP contribution in [0.3, 0.4) is 0 Å². The number of aromatic amines is 2. The highest BCUT2D eigenvalue weighted by Crippen LogP contribution is 2.58. The summed E-state index contributed by atoms with van der Waals surface area (Å²) < 4.78 is 86.7. The summed E-state index contributed by atoms with van der Waals surface area (Å²) in [4.78, 5) is 97.7. The zero-order valence-electron chi connectivity index (χ0n) is 40.8. The van der Waals surface area contributed by atoms with Crippen molar-refractivity contribution < 1.29 is 89.4 Å².